The number of nitrogens with one attached hydrogen (secondary N) is 1. The van der Waals surface area contributed by atoms with Crippen LogP contribution in [0.15, 0.2) is 18.2 Å². The molecule has 1 aliphatic carbocycles. The minimum Gasteiger partial charge on any atom is -0.477 e. The quantitative estimate of drug-likeness (QED) is 0.429. The van der Waals surface area contributed by atoms with Crippen molar-refractivity contribution >= 4 is 17.3 Å². The summed E-state index contributed by atoms with van der Waals surface area (Å²) in [6.07, 6.45) is 2.42. The van der Waals surface area contributed by atoms with Gasteiger partial charge in [-0.15, -0.1) is 0 Å². The summed E-state index contributed by atoms with van der Waals surface area (Å²) in [5.74, 6) is -0.648. The van der Waals surface area contributed by atoms with Gasteiger partial charge in [-0.3, -0.25) is 10.1 Å². The zero-order valence-corrected chi connectivity index (χ0v) is 10.9. The number of ether oxygens (including phenoxy) is 1. The molecule has 0 heterocycles. The number of carboxylic acid groups (broad SMARTS) is 1. The van der Waals surface area contributed by atoms with E-state index in [0.29, 0.717) is 19.1 Å². The van der Waals surface area contributed by atoms with E-state index in [2.05, 4.69) is 5.32 Å². The smallest absolute Gasteiger partial charge is 0.342 e. The SMILES string of the molecule is O=C(O)c1cccc(NCCOCC2CC2)c1[N+](=O)[O-]. The van der Waals surface area contributed by atoms with Gasteiger partial charge in [0, 0.05) is 13.2 Å². The van der Waals surface area contributed by atoms with E-state index in [1.807, 2.05) is 0 Å². The number of nitro groups is 1. The topological polar surface area (TPSA) is 102 Å². The minimum absolute atomic E-state index is 0.199. The first kappa shape index (κ1) is 14.3. The van der Waals surface area contributed by atoms with Gasteiger partial charge in [-0.25, -0.2) is 4.79 Å². The average molecular weight is 280 g/mol. The van der Waals surface area contributed by atoms with E-state index in [4.69, 9.17) is 9.84 Å². The normalized spacial score (nSPS) is 14.0. The fraction of sp³-hybridized carbons (Fsp3) is 0.462. The van der Waals surface area contributed by atoms with E-state index in [-0.39, 0.29) is 11.3 Å². The minimum atomic E-state index is -1.31. The van der Waals surface area contributed by atoms with E-state index in [1.165, 1.54) is 31.0 Å². The molecule has 0 amide bonds. The van der Waals surface area contributed by atoms with Crippen molar-refractivity contribution in [2.24, 2.45) is 5.92 Å². The maximum absolute atomic E-state index is 11.0. The Morgan fingerprint density at radius 3 is 2.85 bits per heavy atom. The van der Waals surface area contributed by atoms with Crippen LogP contribution in [-0.4, -0.2) is 35.8 Å². The summed E-state index contributed by atoms with van der Waals surface area (Å²) < 4.78 is 5.41. The number of hydrogen-bond donors (Lipinski definition) is 2. The summed E-state index contributed by atoms with van der Waals surface area (Å²) in [5, 5.41) is 22.8. The predicted molar refractivity (Wildman–Crippen MR) is 72.1 cm³/mol. The second-order valence-corrected chi connectivity index (χ2v) is 4.71. The second-order valence-electron chi connectivity index (χ2n) is 4.71. The maximum Gasteiger partial charge on any atom is 0.342 e. The second kappa shape index (κ2) is 6.33. The highest BCUT2D eigenvalue weighted by Gasteiger charge is 2.24. The fourth-order valence-corrected chi connectivity index (χ4v) is 1.85. The Labute approximate surface area is 115 Å². The monoisotopic (exact) mass is 280 g/mol. The Morgan fingerprint density at radius 1 is 1.50 bits per heavy atom. The van der Waals surface area contributed by atoms with Crippen molar-refractivity contribution in [3.05, 3.63) is 33.9 Å². The van der Waals surface area contributed by atoms with Crippen molar-refractivity contribution < 1.29 is 19.6 Å². The summed E-state index contributed by atoms with van der Waals surface area (Å²) in [6, 6.07) is 4.19. The van der Waals surface area contributed by atoms with Crippen LogP contribution in [0.25, 0.3) is 0 Å². The highest BCUT2D eigenvalue weighted by atomic mass is 16.6. The number of carbonyl (C=O) groups is 1. The van der Waals surface area contributed by atoms with Crippen LogP contribution in [-0.2, 0) is 4.74 Å². The lowest BCUT2D eigenvalue weighted by molar-refractivity contribution is -0.384. The van der Waals surface area contributed by atoms with Crippen LogP contribution in [0.2, 0.25) is 0 Å². The Balaban J connectivity index is 1.96. The molecule has 0 radical (unpaired) electrons. The van der Waals surface area contributed by atoms with Crippen molar-refractivity contribution in [2.45, 2.75) is 12.8 Å². The van der Waals surface area contributed by atoms with Crippen molar-refractivity contribution in [2.75, 3.05) is 25.1 Å². The average Bonchev–Trinajstić information content (AvgIpc) is 3.21. The van der Waals surface area contributed by atoms with E-state index < -0.39 is 16.6 Å². The first-order valence-electron chi connectivity index (χ1n) is 6.42. The van der Waals surface area contributed by atoms with Gasteiger partial charge < -0.3 is 15.2 Å². The molecule has 1 aromatic rings. The summed E-state index contributed by atoms with van der Waals surface area (Å²) in [7, 11) is 0. The first-order chi connectivity index (χ1) is 9.59. The van der Waals surface area contributed by atoms with E-state index in [1.54, 1.807) is 0 Å². The van der Waals surface area contributed by atoms with Gasteiger partial charge in [-0.05, 0) is 30.9 Å². The molecule has 1 aromatic carbocycles. The Bertz CT molecular complexity index is 513. The molecule has 0 spiro atoms. The Kier molecular flexibility index (Phi) is 4.52. The molecule has 1 aliphatic rings. The standard InChI is InChI=1S/C13H16N2O5/c16-13(17)10-2-1-3-11(12(10)15(18)19)14-6-7-20-8-9-4-5-9/h1-3,9,14H,4-8H2,(H,16,17). The molecule has 2 rings (SSSR count). The number of para-hydroxylation sites is 1. The highest BCUT2D eigenvalue weighted by Crippen LogP contribution is 2.29. The van der Waals surface area contributed by atoms with Gasteiger partial charge in [-0.2, -0.15) is 0 Å². The summed E-state index contributed by atoms with van der Waals surface area (Å²) in [5.41, 5.74) is -0.536. The third kappa shape index (κ3) is 3.67. The molecule has 0 aromatic heterocycles. The molecule has 108 valence electrons. The zero-order valence-electron chi connectivity index (χ0n) is 10.9. The third-order valence-corrected chi connectivity index (χ3v) is 3.06. The number of hydrogen-bond acceptors (Lipinski definition) is 5. The Hall–Kier alpha value is -2.15. The molecule has 2 N–H and O–H groups in total. The molecular weight excluding hydrogens is 264 g/mol. The van der Waals surface area contributed by atoms with Crippen molar-refractivity contribution in [3.63, 3.8) is 0 Å². The maximum atomic E-state index is 11.0. The predicted octanol–water partition coefficient (Wildman–Crippen LogP) is 2.13. The fourth-order valence-electron chi connectivity index (χ4n) is 1.85. The summed E-state index contributed by atoms with van der Waals surface area (Å²) >= 11 is 0. The first-order valence-corrected chi connectivity index (χ1v) is 6.42. The van der Waals surface area contributed by atoms with Crippen LogP contribution in [0, 0.1) is 16.0 Å². The molecule has 20 heavy (non-hydrogen) atoms. The van der Waals surface area contributed by atoms with Crippen LogP contribution in [0.1, 0.15) is 23.2 Å². The van der Waals surface area contributed by atoms with Crippen molar-refractivity contribution in [3.8, 4) is 0 Å². The number of carboxylic acids is 1. The molecule has 7 heteroatoms. The van der Waals surface area contributed by atoms with Crippen molar-refractivity contribution in [1.82, 2.24) is 0 Å². The molecule has 0 bridgehead atoms. The van der Waals surface area contributed by atoms with E-state index in [9.17, 15) is 14.9 Å². The zero-order chi connectivity index (χ0) is 14.5. The third-order valence-electron chi connectivity index (χ3n) is 3.06. The number of aromatic carboxylic acids is 1. The molecule has 1 saturated carbocycles. The molecular formula is C13H16N2O5. The van der Waals surface area contributed by atoms with E-state index in [0.717, 1.165) is 6.61 Å². The van der Waals surface area contributed by atoms with Crippen LogP contribution < -0.4 is 5.32 Å². The van der Waals surface area contributed by atoms with Gasteiger partial charge in [0.15, 0.2) is 0 Å². The van der Waals surface area contributed by atoms with Gasteiger partial charge in [0.05, 0.1) is 11.5 Å². The summed E-state index contributed by atoms with van der Waals surface area (Å²) in [6.45, 7) is 1.56. The van der Waals surface area contributed by atoms with Crippen LogP contribution in [0.3, 0.4) is 0 Å². The van der Waals surface area contributed by atoms with Gasteiger partial charge in [0.2, 0.25) is 0 Å². The molecule has 0 saturated heterocycles. The van der Waals surface area contributed by atoms with Crippen LogP contribution >= 0.6 is 0 Å². The number of anilines is 1. The lowest BCUT2D eigenvalue weighted by Gasteiger charge is -2.09. The van der Waals surface area contributed by atoms with Gasteiger partial charge in [0.25, 0.3) is 0 Å². The number of nitro benzene ring substituents is 1. The molecule has 7 nitrogen and oxygen atoms in total. The van der Waals surface area contributed by atoms with Gasteiger partial charge >= 0.3 is 11.7 Å². The largest absolute Gasteiger partial charge is 0.477 e. The van der Waals surface area contributed by atoms with Gasteiger partial charge in [-0.1, -0.05) is 6.07 Å². The van der Waals surface area contributed by atoms with Crippen molar-refractivity contribution in [1.29, 1.82) is 0 Å². The lowest BCUT2D eigenvalue weighted by Crippen LogP contribution is -2.13. The van der Waals surface area contributed by atoms with Crippen LogP contribution in [0.5, 0.6) is 0 Å². The van der Waals surface area contributed by atoms with Crippen LogP contribution in [0.4, 0.5) is 11.4 Å². The van der Waals surface area contributed by atoms with Gasteiger partial charge in [0.1, 0.15) is 11.3 Å². The number of rotatable bonds is 8. The highest BCUT2D eigenvalue weighted by molar-refractivity contribution is 5.95. The van der Waals surface area contributed by atoms with E-state index >= 15 is 0 Å². The Morgan fingerprint density at radius 2 is 2.25 bits per heavy atom. The molecule has 0 atom stereocenters. The molecule has 0 aliphatic heterocycles. The summed E-state index contributed by atoms with van der Waals surface area (Å²) in [4.78, 5) is 21.3. The number of benzene rings is 1. The molecule has 0 unspecified atom stereocenters. The molecule has 1 fully saturated rings. The number of nitrogens with zero attached hydrogens (tertiary/aromatic N) is 1. The lowest BCUT2D eigenvalue weighted by atomic mass is 10.1.